The first-order chi connectivity index (χ1) is 21.5. The van der Waals surface area contributed by atoms with E-state index in [2.05, 4.69) is 15.3 Å². The van der Waals surface area contributed by atoms with Gasteiger partial charge in [-0.15, -0.1) is 11.3 Å². The number of aliphatic imine (C=N–C) groups is 1. The third-order valence-electron chi connectivity index (χ3n) is 8.11. The molecule has 13 nitrogen and oxygen atoms in total. The van der Waals surface area contributed by atoms with Crippen molar-refractivity contribution in [1.29, 1.82) is 0 Å². The number of rotatable bonds is 15. The lowest BCUT2D eigenvalue weighted by atomic mass is 9.84. The van der Waals surface area contributed by atoms with Gasteiger partial charge in [0.15, 0.2) is 11.0 Å². The fourth-order valence-corrected chi connectivity index (χ4v) is 8.15. The molecule has 1 aromatic heterocycles. The van der Waals surface area contributed by atoms with Crippen molar-refractivity contribution in [3.8, 4) is 0 Å². The van der Waals surface area contributed by atoms with Crippen molar-refractivity contribution in [1.82, 2.24) is 19.5 Å². The molecule has 2 fully saturated rings. The lowest BCUT2D eigenvalue weighted by Gasteiger charge is -2.40. The Morgan fingerprint density at radius 3 is 2.49 bits per heavy atom. The fraction of sp³-hybridized carbons (Fsp3) is 0.533. The Kier molecular flexibility index (Phi) is 12.2. The number of Topliss-reactive ketones (excluding diaryl/α,β-unsaturated/α-hetero) is 2. The van der Waals surface area contributed by atoms with Crippen molar-refractivity contribution in [3.63, 3.8) is 0 Å². The Bertz CT molecular complexity index is 1460. The van der Waals surface area contributed by atoms with Gasteiger partial charge in [-0.05, 0) is 31.2 Å². The van der Waals surface area contributed by atoms with Gasteiger partial charge in [0, 0.05) is 43.5 Å². The summed E-state index contributed by atoms with van der Waals surface area (Å²) in [6, 6.07) is 6.49. The Labute approximate surface area is 267 Å². The van der Waals surface area contributed by atoms with Crippen LogP contribution in [0.3, 0.4) is 0 Å². The summed E-state index contributed by atoms with van der Waals surface area (Å²) in [4.78, 5) is 62.8. The zero-order valence-corrected chi connectivity index (χ0v) is 26.8. The molecule has 4 rings (SSSR count). The molecule has 1 saturated carbocycles. The van der Waals surface area contributed by atoms with Crippen LogP contribution in [0.15, 0.2) is 46.9 Å². The highest BCUT2D eigenvalue weighted by molar-refractivity contribution is 7.88. The van der Waals surface area contributed by atoms with Crippen molar-refractivity contribution < 1.29 is 27.6 Å². The molecule has 1 aromatic carbocycles. The number of nitrogens with two attached hydrogens (primary N) is 2. The van der Waals surface area contributed by atoms with Gasteiger partial charge in [0.1, 0.15) is 11.8 Å². The largest absolute Gasteiger partial charge is 0.370 e. The van der Waals surface area contributed by atoms with Crippen LogP contribution >= 0.6 is 11.3 Å². The summed E-state index contributed by atoms with van der Waals surface area (Å²) in [5, 5.41) is 4.61. The molecule has 0 spiro atoms. The number of sulfonamides is 1. The quantitative estimate of drug-likeness (QED) is 0.110. The third kappa shape index (κ3) is 9.65. The molecular formula is C30H41N7O6S2. The summed E-state index contributed by atoms with van der Waals surface area (Å²) in [5.41, 5.74) is 11.3. The molecule has 0 radical (unpaired) electrons. The lowest BCUT2D eigenvalue weighted by molar-refractivity contribution is -0.144. The van der Waals surface area contributed by atoms with Gasteiger partial charge in [-0.25, -0.2) is 13.4 Å². The molecule has 45 heavy (non-hydrogen) atoms. The molecule has 244 valence electrons. The number of piperazine rings is 1. The minimum absolute atomic E-state index is 0.0377. The topological polar surface area (TPSA) is 198 Å². The molecule has 2 aliphatic rings. The number of hydrogen-bond donors (Lipinski definition) is 3. The number of hydrogen-bond acceptors (Lipinski definition) is 9. The molecule has 2 heterocycles. The second kappa shape index (κ2) is 16.0. The number of aromatic nitrogens is 1. The van der Waals surface area contributed by atoms with Crippen molar-refractivity contribution in [2.24, 2.45) is 22.4 Å². The molecule has 2 amide bonds. The zero-order chi connectivity index (χ0) is 32.4. The second-order valence-corrected chi connectivity index (χ2v) is 14.2. The zero-order valence-electron chi connectivity index (χ0n) is 25.2. The number of nitrogens with zero attached hydrogens (tertiary/aromatic N) is 4. The minimum atomic E-state index is -3.97. The predicted octanol–water partition coefficient (Wildman–Crippen LogP) is 1.45. The first kappa shape index (κ1) is 34.2. The molecule has 1 aliphatic heterocycles. The van der Waals surface area contributed by atoms with E-state index >= 15 is 0 Å². The highest BCUT2D eigenvalue weighted by Crippen LogP contribution is 2.29. The standard InChI is InChI=1S/C30H41N7O6S2/c31-30(32)34-13-7-12-23(27(40)28-33-14-17-44-28)35-26(39)19-36-15-16-37(45(42,43)20-21-8-3-1-4-9-21)24(29(36)41)18-25(38)22-10-5-2-6-11-22/h1,3-4,8-9,14,17,22-24H,2,5-7,10-13,15-16,18-20H2,(H,35,39)(H4,31,32,34)/t23-,24+/m0/s1. The SMILES string of the molecule is NC(N)=NCCC[C@H](NC(=O)CN1CCN(S(=O)(=O)Cc2ccccc2)[C@H](CC(=O)C2CCCCC2)C1=O)C(=O)c1nccs1. The molecule has 2 atom stereocenters. The number of carbonyl (C=O) groups is 4. The van der Waals surface area contributed by atoms with Gasteiger partial charge in [-0.3, -0.25) is 24.2 Å². The smallest absolute Gasteiger partial charge is 0.241 e. The van der Waals surface area contributed by atoms with Crippen LogP contribution in [0.5, 0.6) is 0 Å². The summed E-state index contributed by atoms with van der Waals surface area (Å²) in [7, 11) is -3.97. The van der Waals surface area contributed by atoms with Crippen molar-refractivity contribution in [3.05, 3.63) is 52.5 Å². The number of ketones is 2. The third-order valence-corrected chi connectivity index (χ3v) is 10.8. The van der Waals surface area contributed by atoms with Gasteiger partial charge >= 0.3 is 0 Å². The number of nitrogens with one attached hydrogen (secondary N) is 1. The Morgan fingerprint density at radius 2 is 1.82 bits per heavy atom. The monoisotopic (exact) mass is 659 g/mol. The number of amides is 2. The first-order valence-corrected chi connectivity index (χ1v) is 17.7. The van der Waals surface area contributed by atoms with Gasteiger partial charge in [0.2, 0.25) is 27.6 Å². The highest BCUT2D eigenvalue weighted by Gasteiger charge is 2.43. The van der Waals surface area contributed by atoms with Crippen molar-refractivity contribution >= 4 is 50.7 Å². The van der Waals surface area contributed by atoms with Gasteiger partial charge in [-0.1, -0.05) is 49.6 Å². The molecule has 1 saturated heterocycles. The molecule has 15 heteroatoms. The molecule has 5 N–H and O–H groups in total. The Morgan fingerprint density at radius 1 is 1.09 bits per heavy atom. The fourth-order valence-electron chi connectivity index (χ4n) is 5.83. The van der Waals surface area contributed by atoms with Crippen LogP contribution in [0.4, 0.5) is 0 Å². The van der Waals surface area contributed by atoms with Crippen LogP contribution in [-0.2, 0) is 30.2 Å². The summed E-state index contributed by atoms with van der Waals surface area (Å²) in [5.74, 6) is -2.29. The van der Waals surface area contributed by atoms with E-state index in [4.69, 9.17) is 11.5 Å². The van der Waals surface area contributed by atoms with E-state index in [-0.39, 0.29) is 66.7 Å². The van der Waals surface area contributed by atoms with E-state index in [1.165, 1.54) is 11.1 Å². The molecular weight excluding hydrogens is 619 g/mol. The van der Waals surface area contributed by atoms with Gasteiger partial charge < -0.3 is 21.7 Å². The molecule has 2 aromatic rings. The van der Waals surface area contributed by atoms with Gasteiger partial charge in [0.05, 0.1) is 18.3 Å². The van der Waals surface area contributed by atoms with E-state index in [1.54, 1.807) is 35.7 Å². The first-order valence-electron chi connectivity index (χ1n) is 15.2. The molecule has 0 unspecified atom stereocenters. The molecule has 0 bridgehead atoms. The maximum absolute atomic E-state index is 13.8. The maximum atomic E-state index is 13.8. The van der Waals surface area contributed by atoms with E-state index in [0.717, 1.165) is 47.7 Å². The number of guanidine groups is 1. The van der Waals surface area contributed by atoms with Gasteiger partial charge in [-0.2, -0.15) is 4.31 Å². The second-order valence-electron chi connectivity index (χ2n) is 11.4. The number of benzene rings is 1. The average Bonchev–Trinajstić information content (AvgIpc) is 3.56. The van der Waals surface area contributed by atoms with Crippen LogP contribution in [0, 0.1) is 5.92 Å². The van der Waals surface area contributed by atoms with Crippen LogP contribution in [-0.4, -0.2) is 90.2 Å². The summed E-state index contributed by atoms with van der Waals surface area (Å²) >= 11 is 1.15. The van der Waals surface area contributed by atoms with Crippen molar-refractivity contribution in [2.45, 2.75) is 69.2 Å². The maximum Gasteiger partial charge on any atom is 0.241 e. The van der Waals surface area contributed by atoms with Crippen molar-refractivity contribution in [2.75, 3.05) is 26.2 Å². The normalized spacial score (nSPS) is 18.7. The Balaban J connectivity index is 1.48. The summed E-state index contributed by atoms with van der Waals surface area (Å²) in [6.07, 6.45) is 6.23. The summed E-state index contributed by atoms with van der Waals surface area (Å²) in [6.45, 7) is -0.232. The van der Waals surface area contributed by atoms with E-state index < -0.39 is 40.5 Å². The highest BCUT2D eigenvalue weighted by atomic mass is 32.2. The van der Waals surface area contributed by atoms with E-state index in [0.29, 0.717) is 12.0 Å². The lowest BCUT2D eigenvalue weighted by Crippen LogP contribution is -2.61. The van der Waals surface area contributed by atoms with Crippen LogP contribution in [0.1, 0.15) is 66.7 Å². The Hall–Kier alpha value is -3.69. The van der Waals surface area contributed by atoms with Gasteiger partial charge in [0.25, 0.3) is 0 Å². The van der Waals surface area contributed by atoms with Crippen LogP contribution in [0.25, 0.3) is 0 Å². The predicted molar refractivity (Wildman–Crippen MR) is 171 cm³/mol. The average molecular weight is 660 g/mol. The molecule has 1 aliphatic carbocycles. The minimum Gasteiger partial charge on any atom is -0.370 e. The van der Waals surface area contributed by atoms with E-state index in [1.807, 2.05) is 0 Å². The number of thiazole rings is 1. The summed E-state index contributed by atoms with van der Waals surface area (Å²) < 4.78 is 28.3. The van der Waals surface area contributed by atoms with E-state index in [9.17, 15) is 27.6 Å². The number of carbonyl (C=O) groups excluding carboxylic acids is 4. The van der Waals surface area contributed by atoms with Crippen LogP contribution < -0.4 is 16.8 Å². The van der Waals surface area contributed by atoms with Crippen LogP contribution in [0.2, 0.25) is 0 Å².